The second-order valence-electron chi connectivity index (χ2n) is 7.48. The molecule has 0 saturated carbocycles. The summed E-state index contributed by atoms with van der Waals surface area (Å²) in [5.41, 5.74) is 1.49. The molecule has 2 aromatic carbocycles. The number of esters is 2. The lowest BCUT2D eigenvalue weighted by atomic mass is 10.0. The Balaban J connectivity index is 1.90. The molecular weight excluding hydrogens is 470 g/mol. The molecule has 36 heavy (non-hydrogen) atoms. The quantitative estimate of drug-likeness (QED) is 0.206. The van der Waals surface area contributed by atoms with E-state index in [-0.39, 0.29) is 29.2 Å². The number of para-hydroxylation sites is 1. The lowest BCUT2D eigenvalue weighted by molar-refractivity contribution is -0.385. The normalized spacial score (nSPS) is 10.6. The van der Waals surface area contributed by atoms with Gasteiger partial charge in [0, 0.05) is 11.1 Å². The van der Waals surface area contributed by atoms with Crippen LogP contribution < -0.4 is 4.74 Å². The van der Waals surface area contributed by atoms with E-state index in [9.17, 15) is 19.7 Å². The molecule has 4 aromatic rings. The van der Waals surface area contributed by atoms with Crippen LogP contribution in [-0.2, 0) is 16.0 Å². The van der Waals surface area contributed by atoms with Crippen molar-refractivity contribution < 1.29 is 28.7 Å². The molecule has 4 rings (SSSR count). The molecule has 2 heterocycles. The highest BCUT2D eigenvalue weighted by molar-refractivity contribution is 6.06. The Morgan fingerprint density at radius 3 is 2.36 bits per heavy atom. The van der Waals surface area contributed by atoms with Crippen LogP contribution in [0.2, 0.25) is 0 Å². The zero-order chi connectivity index (χ0) is 25.8. The minimum Gasteiger partial charge on any atom is -0.496 e. The number of rotatable bonds is 8. The molecular formula is C24H21N5O7. The minimum absolute atomic E-state index is 0.0703. The summed E-state index contributed by atoms with van der Waals surface area (Å²) in [6, 6.07) is 13.9. The number of aromatic nitrogens is 4. The van der Waals surface area contributed by atoms with Gasteiger partial charge in [-0.05, 0) is 30.3 Å². The van der Waals surface area contributed by atoms with Gasteiger partial charge in [0.05, 0.1) is 38.5 Å². The Labute approximate surface area is 204 Å². The van der Waals surface area contributed by atoms with Crippen molar-refractivity contribution in [1.29, 1.82) is 0 Å². The van der Waals surface area contributed by atoms with Crippen molar-refractivity contribution in [2.45, 2.75) is 6.54 Å². The summed E-state index contributed by atoms with van der Waals surface area (Å²) in [4.78, 5) is 36.1. The van der Waals surface area contributed by atoms with Crippen molar-refractivity contribution >= 4 is 17.6 Å². The van der Waals surface area contributed by atoms with Gasteiger partial charge in [-0.2, -0.15) is 10.2 Å². The van der Waals surface area contributed by atoms with E-state index in [1.54, 1.807) is 42.5 Å². The Bertz CT molecular complexity index is 1440. The van der Waals surface area contributed by atoms with Gasteiger partial charge in [-0.25, -0.2) is 14.3 Å². The predicted molar refractivity (Wildman–Crippen MR) is 126 cm³/mol. The molecule has 12 nitrogen and oxygen atoms in total. The first-order valence-corrected chi connectivity index (χ1v) is 10.6. The van der Waals surface area contributed by atoms with Gasteiger partial charge in [0.1, 0.15) is 29.4 Å². The molecule has 0 radical (unpaired) electrons. The molecule has 0 amide bonds. The van der Waals surface area contributed by atoms with E-state index in [0.717, 1.165) is 6.20 Å². The molecule has 0 aliphatic heterocycles. The molecule has 0 aliphatic rings. The fraction of sp³-hybridized carbons (Fsp3) is 0.167. The molecule has 0 unspecified atom stereocenters. The third-order valence-electron chi connectivity index (χ3n) is 5.37. The van der Waals surface area contributed by atoms with E-state index in [1.807, 2.05) is 6.07 Å². The van der Waals surface area contributed by atoms with Crippen molar-refractivity contribution in [1.82, 2.24) is 19.6 Å². The van der Waals surface area contributed by atoms with Crippen LogP contribution in [0.3, 0.4) is 0 Å². The van der Waals surface area contributed by atoms with Gasteiger partial charge in [0.2, 0.25) is 0 Å². The largest absolute Gasteiger partial charge is 0.496 e. The molecule has 12 heteroatoms. The molecule has 0 N–H and O–H groups in total. The third kappa shape index (κ3) is 4.51. The first-order chi connectivity index (χ1) is 17.4. The summed E-state index contributed by atoms with van der Waals surface area (Å²) in [5.74, 6) is -1.05. The lowest BCUT2D eigenvalue weighted by Crippen LogP contribution is -2.15. The van der Waals surface area contributed by atoms with Gasteiger partial charge in [-0.15, -0.1) is 0 Å². The summed E-state index contributed by atoms with van der Waals surface area (Å²) in [6.45, 7) is 0.141. The van der Waals surface area contributed by atoms with Crippen LogP contribution in [0.1, 0.15) is 26.4 Å². The molecule has 0 fully saturated rings. The SMILES string of the molecule is COC(=O)c1c(-c2ccc(OC)c(Cn3cc([N+](=O)[O-])cn3)c2)nn(-c2ccccc2)c1C(=O)OC. The van der Waals surface area contributed by atoms with Crippen LogP contribution in [0.5, 0.6) is 5.75 Å². The number of nitro groups is 1. The smallest absolute Gasteiger partial charge is 0.357 e. The standard InChI is InChI=1S/C24H21N5O7/c1-34-19-10-9-15(11-16(19)13-27-14-18(12-25-27)29(32)33)21-20(23(30)35-2)22(24(31)36-3)28(26-21)17-7-5-4-6-8-17/h4-12,14H,13H2,1-3H3. The molecule has 184 valence electrons. The summed E-state index contributed by atoms with van der Waals surface area (Å²) < 4.78 is 18.1. The van der Waals surface area contributed by atoms with Gasteiger partial charge < -0.3 is 14.2 Å². The van der Waals surface area contributed by atoms with Gasteiger partial charge >= 0.3 is 17.6 Å². The van der Waals surface area contributed by atoms with Crippen molar-refractivity contribution in [2.24, 2.45) is 0 Å². The second kappa shape index (κ2) is 10.1. The average molecular weight is 491 g/mol. The summed E-state index contributed by atoms with van der Waals surface area (Å²) in [5, 5.41) is 19.6. The highest BCUT2D eigenvalue weighted by Crippen LogP contribution is 2.32. The van der Waals surface area contributed by atoms with E-state index < -0.39 is 16.9 Å². The van der Waals surface area contributed by atoms with E-state index in [2.05, 4.69) is 10.2 Å². The Hall–Kier alpha value is -5.00. The topological polar surface area (TPSA) is 141 Å². The number of nitrogens with zero attached hydrogens (tertiary/aromatic N) is 5. The highest BCUT2D eigenvalue weighted by atomic mass is 16.6. The third-order valence-corrected chi connectivity index (χ3v) is 5.37. The number of carbonyl (C=O) groups is 2. The molecule has 0 bridgehead atoms. The minimum atomic E-state index is -0.771. The van der Waals surface area contributed by atoms with Crippen LogP contribution in [0.15, 0.2) is 60.9 Å². The Kier molecular flexibility index (Phi) is 6.77. The van der Waals surface area contributed by atoms with Gasteiger partial charge in [0.15, 0.2) is 5.69 Å². The van der Waals surface area contributed by atoms with Crippen LogP contribution in [0.25, 0.3) is 16.9 Å². The number of benzene rings is 2. The van der Waals surface area contributed by atoms with E-state index in [1.165, 1.54) is 36.9 Å². The zero-order valence-corrected chi connectivity index (χ0v) is 19.6. The maximum atomic E-state index is 12.9. The molecule has 0 saturated heterocycles. The maximum absolute atomic E-state index is 12.9. The van der Waals surface area contributed by atoms with Crippen LogP contribution in [0, 0.1) is 10.1 Å². The van der Waals surface area contributed by atoms with Gasteiger partial charge in [-0.3, -0.25) is 14.8 Å². The fourth-order valence-electron chi connectivity index (χ4n) is 3.71. The van der Waals surface area contributed by atoms with Gasteiger partial charge in [-0.1, -0.05) is 18.2 Å². The number of carbonyl (C=O) groups excluding carboxylic acids is 2. The zero-order valence-electron chi connectivity index (χ0n) is 19.6. The van der Waals surface area contributed by atoms with Crippen molar-refractivity contribution in [2.75, 3.05) is 21.3 Å². The maximum Gasteiger partial charge on any atom is 0.357 e. The molecule has 0 atom stereocenters. The number of hydrogen-bond donors (Lipinski definition) is 0. The molecule has 0 spiro atoms. The number of hydrogen-bond acceptors (Lipinski definition) is 9. The van der Waals surface area contributed by atoms with E-state index in [0.29, 0.717) is 22.6 Å². The second-order valence-corrected chi connectivity index (χ2v) is 7.48. The van der Waals surface area contributed by atoms with Crippen LogP contribution in [-0.4, -0.2) is 57.8 Å². The summed E-state index contributed by atoms with van der Waals surface area (Å²) >= 11 is 0. The monoisotopic (exact) mass is 491 g/mol. The van der Waals surface area contributed by atoms with Crippen molar-refractivity contribution in [3.8, 4) is 22.7 Å². The molecule has 2 aromatic heterocycles. The van der Waals surface area contributed by atoms with Crippen molar-refractivity contribution in [3.63, 3.8) is 0 Å². The molecule has 0 aliphatic carbocycles. The fourth-order valence-corrected chi connectivity index (χ4v) is 3.71. The lowest BCUT2D eigenvalue weighted by Gasteiger charge is -2.11. The van der Waals surface area contributed by atoms with Crippen LogP contribution in [0.4, 0.5) is 5.69 Å². The number of methoxy groups -OCH3 is 3. The summed E-state index contributed by atoms with van der Waals surface area (Å²) in [6.07, 6.45) is 2.45. The Morgan fingerprint density at radius 2 is 1.75 bits per heavy atom. The van der Waals surface area contributed by atoms with E-state index >= 15 is 0 Å². The first-order valence-electron chi connectivity index (χ1n) is 10.6. The predicted octanol–water partition coefficient (Wildman–Crippen LogP) is 3.27. The Morgan fingerprint density at radius 1 is 1.03 bits per heavy atom. The van der Waals surface area contributed by atoms with Crippen molar-refractivity contribution in [3.05, 3.63) is 87.9 Å². The first kappa shape index (κ1) is 24.1. The van der Waals surface area contributed by atoms with Crippen LogP contribution >= 0.6 is 0 Å². The van der Waals surface area contributed by atoms with Gasteiger partial charge in [0.25, 0.3) is 0 Å². The number of ether oxygens (including phenoxy) is 3. The average Bonchev–Trinajstić information content (AvgIpc) is 3.54. The van der Waals surface area contributed by atoms with E-state index in [4.69, 9.17) is 14.2 Å². The summed E-state index contributed by atoms with van der Waals surface area (Å²) in [7, 11) is 3.90. The highest BCUT2D eigenvalue weighted by Gasteiger charge is 2.31.